The summed E-state index contributed by atoms with van der Waals surface area (Å²) in [5, 5.41) is 2.32. The molecular weight excluding hydrogens is 171 g/mol. The van der Waals surface area contributed by atoms with E-state index in [9.17, 15) is 9.59 Å². The van der Waals surface area contributed by atoms with Crippen molar-refractivity contribution < 1.29 is 17.1 Å². The molecule has 4 nitrogen and oxygen atoms in total. The summed E-state index contributed by atoms with van der Waals surface area (Å²) in [6, 6.07) is -1.10. The van der Waals surface area contributed by atoms with Crippen molar-refractivity contribution in [3.63, 3.8) is 0 Å². The quantitative estimate of drug-likeness (QED) is 0.524. The number of hydrogen-bond donors (Lipinski definition) is 1. The second-order valence-corrected chi connectivity index (χ2v) is 2.95. The zero-order valence-corrected chi connectivity index (χ0v) is 8.38. The maximum absolute atomic E-state index is 11.3. The normalized spacial score (nSPS) is 21.5. The van der Waals surface area contributed by atoms with Gasteiger partial charge < -0.3 is 10.1 Å². The first kappa shape index (κ1) is 8.53. The highest BCUT2D eigenvalue weighted by atomic mass is 16.5. The Kier molecular flexibility index (Phi) is 3.65. The van der Waals surface area contributed by atoms with E-state index in [-0.39, 0.29) is 0 Å². The first-order chi connectivity index (χ1) is 6.70. The Morgan fingerprint density at radius 3 is 2.46 bits per heavy atom. The number of carbonyl (C=O) groups is 2. The molecule has 1 amide bonds. The summed E-state index contributed by atoms with van der Waals surface area (Å²) < 4.78 is 19.8. The van der Waals surface area contributed by atoms with Crippen molar-refractivity contribution in [3.05, 3.63) is 0 Å². The van der Waals surface area contributed by atoms with Crippen LogP contribution in [0, 0.1) is 5.89 Å². The molecule has 0 saturated heterocycles. The van der Waals surface area contributed by atoms with Gasteiger partial charge in [-0.15, -0.1) is 0 Å². The highest BCUT2D eigenvalue weighted by Gasteiger charge is 2.20. The van der Waals surface area contributed by atoms with Gasteiger partial charge in [0.25, 0.3) is 0 Å². The summed E-state index contributed by atoms with van der Waals surface area (Å²) in [6.07, 6.45) is -1.08. The van der Waals surface area contributed by atoms with E-state index < -0.39 is 30.2 Å². The van der Waals surface area contributed by atoms with E-state index in [4.69, 9.17) is 2.74 Å². The van der Waals surface area contributed by atoms with Crippen molar-refractivity contribution in [2.45, 2.75) is 33.2 Å². The minimum absolute atomic E-state index is 0.424. The average Bonchev–Trinajstić information content (AvgIpc) is 2.10. The number of hydrogen-bond acceptors (Lipinski definition) is 3. The zero-order valence-electron chi connectivity index (χ0n) is 10.4. The molecule has 0 aliphatic carbocycles. The fraction of sp³-hybridized carbons (Fsp3) is 0.778. The van der Waals surface area contributed by atoms with Gasteiger partial charge in [0.05, 0.1) is 7.11 Å². The molecule has 1 unspecified atom stereocenters. The predicted molar refractivity (Wildman–Crippen MR) is 49.1 cm³/mol. The summed E-state index contributed by atoms with van der Waals surface area (Å²) in [5.41, 5.74) is 0. The lowest BCUT2D eigenvalue weighted by Gasteiger charge is -2.16. The molecule has 0 aliphatic rings. The Labute approximate surface area is 81.5 Å². The van der Waals surface area contributed by atoms with Gasteiger partial charge in [0.2, 0.25) is 5.91 Å². The second kappa shape index (κ2) is 5.56. The number of methoxy groups -OCH3 is 1. The van der Waals surface area contributed by atoms with E-state index in [1.54, 1.807) is 0 Å². The summed E-state index contributed by atoms with van der Waals surface area (Å²) in [6.45, 7) is 4.25. The number of esters is 1. The van der Waals surface area contributed by atoms with Crippen molar-refractivity contribution in [1.82, 2.24) is 5.32 Å². The molecule has 13 heavy (non-hydrogen) atoms. The number of ether oxygens (including phenoxy) is 1. The van der Waals surface area contributed by atoms with Crippen LogP contribution in [0.2, 0.25) is 0 Å². The molecule has 0 aromatic heterocycles. The summed E-state index contributed by atoms with van der Waals surface area (Å²) in [5.74, 6) is -2.28. The summed E-state index contributed by atoms with van der Waals surface area (Å²) in [4.78, 5) is 22.1. The molecule has 0 aliphatic heterocycles. The van der Waals surface area contributed by atoms with E-state index >= 15 is 0 Å². The molecule has 0 fully saturated rings. The van der Waals surface area contributed by atoms with Gasteiger partial charge in [-0.05, 0) is 12.3 Å². The number of amides is 1. The van der Waals surface area contributed by atoms with Crippen molar-refractivity contribution in [3.8, 4) is 0 Å². The van der Waals surface area contributed by atoms with Gasteiger partial charge in [-0.3, -0.25) is 4.79 Å². The van der Waals surface area contributed by atoms with E-state index in [2.05, 4.69) is 10.1 Å². The first-order valence-electron chi connectivity index (χ1n) is 5.05. The number of nitrogens with one attached hydrogen (secondary N) is 1. The predicted octanol–water partition coefficient (Wildman–Crippen LogP) is 0.710. The molecule has 0 aromatic rings. The van der Waals surface area contributed by atoms with Crippen LogP contribution in [-0.2, 0) is 14.3 Å². The third-order valence-corrected chi connectivity index (χ3v) is 1.31. The Morgan fingerprint density at radius 2 is 2.15 bits per heavy atom. The topological polar surface area (TPSA) is 55.4 Å². The lowest BCUT2D eigenvalue weighted by Crippen LogP contribution is -2.41. The van der Waals surface area contributed by atoms with Crippen LogP contribution in [0.25, 0.3) is 0 Å². The minimum Gasteiger partial charge on any atom is -0.467 e. The highest BCUT2D eigenvalue weighted by Crippen LogP contribution is 2.05. The fourth-order valence-corrected chi connectivity index (χ4v) is 0.848. The first-order valence-corrected chi connectivity index (χ1v) is 3.97. The van der Waals surface area contributed by atoms with Gasteiger partial charge in [0.1, 0.15) is 6.04 Å². The van der Waals surface area contributed by atoms with Gasteiger partial charge >= 0.3 is 5.97 Å². The Bertz CT molecular complexity index is 250. The Balaban J connectivity index is 4.78. The average molecular weight is 190 g/mol. The molecule has 1 N–H and O–H groups in total. The van der Waals surface area contributed by atoms with Gasteiger partial charge in [0, 0.05) is 9.67 Å². The van der Waals surface area contributed by atoms with Crippen molar-refractivity contribution in [1.29, 1.82) is 0 Å². The summed E-state index contributed by atoms with van der Waals surface area (Å²) >= 11 is 0. The van der Waals surface area contributed by atoms with E-state index in [0.717, 1.165) is 0 Å². The summed E-state index contributed by atoms with van der Waals surface area (Å²) in [7, 11) is 1.18. The van der Waals surface area contributed by atoms with Crippen LogP contribution in [0.4, 0.5) is 0 Å². The van der Waals surface area contributed by atoms with Crippen LogP contribution < -0.4 is 5.32 Å². The molecule has 4 heteroatoms. The van der Waals surface area contributed by atoms with Crippen LogP contribution in [0.15, 0.2) is 0 Å². The van der Waals surface area contributed by atoms with Crippen LogP contribution in [0.3, 0.4) is 0 Å². The molecule has 0 rings (SSSR count). The van der Waals surface area contributed by atoms with Gasteiger partial charge in [-0.1, -0.05) is 13.8 Å². The molecule has 0 bridgehead atoms. The van der Waals surface area contributed by atoms with E-state index in [0.29, 0.717) is 0 Å². The molecule has 3 atom stereocenters. The Hall–Kier alpha value is -1.06. The van der Waals surface area contributed by atoms with Crippen molar-refractivity contribution >= 4 is 11.9 Å². The number of carbonyl (C=O) groups excluding carboxylic acids is 2. The highest BCUT2D eigenvalue weighted by molar-refractivity contribution is 5.83. The van der Waals surface area contributed by atoms with Crippen LogP contribution in [-0.4, -0.2) is 25.0 Å². The maximum Gasteiger partial charge on any atom is 0.328 e. The smallest absolute Gasteiger partial charge is 0.328 e. The maximum atomic E-state index is 11.3. The van der Waals surface area contributed by atoms with Crippen LogP contribution >= 0.6 is 0 Å². The van der Waals surface area contributed by atoms with Crippen LogP contribution in [0.1, 0.15) is 29.9 Å². The lowest BCUT2D eigenvalue weighted by molar-refractivity contribution is -0.145. The SMILES string of the molecule is [2H][13C@@H]([C@H]([13NH]C(C)=O)C(=O)OC)C([2H])(C)[13CH3]. The monoisotopic (exact) mass is 190 g/mol. The molecule has 76 valence electrons. The lowest BCUT2D eigenvalue weighted by atomic mass is 10.2. The van der Waals surface area contributed by atoms with Crippen molar-refractivity contribution in [2.24, 2.45) is 5.89 Å². The van der Waals surface area contributed by atoms with Gasteiger partial charge in [-0.2, -0.15) is 0 Å². The molecular formula is C9H17NO3. The number of rotatable bonds is 4. The fourth-order valence-electron chi connectivity index (χ4n) is 0.848. The molecule has 0 radical (unpaired) electrons. The molecule has 0 aromatic carbocycles. The largest absolute Gasteiger partial charge is 0.467 e. The van der Waals surface area contributed by atoms with Gasteiger partial charge in [-0.25, -0.2) is 4.79 Å². The molecule has 0 spiro atoms. The van der Waals surface area contributed by atoms with Crippen molar-refractivity contribution in [2.75, 3.05) is 7.11 Å². The second-order valence-electron chi connectivity index (χ2n) is 2.95. The third-order valence-electron chi connectivity index (χ3n) is 1.31. The molecule has 0 heterocycles. The van der Waals surface area contributed by atoms with Gasteiger partial charge in [0.15, 0.2) is 0 Å². The zero-order chi connectivity index (χ0) is 12.2. The minimum atomic E-state index is -1.15. The van der Waals surface area contributed by atoms with E-state index in [1.165, 1.54) is 27.9 Å². The molecule has 0 saturated carbocycles. The Morgan fingerprint density at radius 1 is 1.62 bits per heavy atom. The van der Waals surface area contributed by atoms with Crippen LogP contribution in [0.5, 0.6) is 0 Å². The van der Waals surface area contributed by atoms with E-state index in [1.807, 2.05) is 0 Å². The third kappa shape index (κ3) is 5.22. The standard InChI is InChI=1S/C9H17NO3/c1-6(2)5-8(9(12)13-4)10-7(3)11/h6,8H,5H2,1-4H3,(H,10,11)/t8-/m0/s1/i1+1,5+1D,6D,10-1/t5-,6?,8+/m1.